The van der Waals surface area contributed by atoms with E-state index in [1.165, 1.54) is 16.9 Å². The predicted molar refractivity (Wildman–Crippen MR) is 73.2 cm³/mol. The highest BCUT2D eigenvalue weighted by molar-refractivity contribution is 14.1. The summed E-state index contributed by atoms with van der Waals surface area (Å²) in [6.07, 6.45) is 4.41. The predicted octanol–water partition coefficient (Wildman–Crippen LogP) is 0.875. The largest absolute Gasteiger partial charge is 0.409 e. The molecule has 2 aromatic heterocycles. The number of aromatic nitrogens is 3. The van der Waals surface area contributed by atoms with Gasteiger partial charge in [-0.1, -0.05) is 5.16 Å². The lowest BCUT2D eigenvalue weighted by atomic mass is 10.2. The van der Waals surface area contributed by atoms with Crippen LogP contribution in [0, 0.1) is 13.7 Å². The Morgan fingerprint density at radius 2 is 2.32 bits per heavy atom. The molecule has 19 heavy (non-hydrogen) atoms. The van der Waals surface area contributed by atoms with E-state index in [1.54, 1.807) is 12.4 Å². The van der Waals surface area contributed by atoms with E-state index in [0.717, 1.165) is 3.57 Å². The molecule has 0 aliphatic rings. The molecule has 0 saturated carbocycles. The van der Waals surface area contributed by atoms with E-state index in [1.807, 2.05) is 22.6 Å². The molecule has 0 saturated heterocycles. The first-order chi connectivity index (χ1) is 9.02. The Bertz CT molecular complexity index is 668. The monoisotopic (exact) mass is 374 g/mol. The molecule has 0 spiro atoms. The van der Waals surface area contributed by atoms with Crippen LogP contribution in [0.2, 0.25) is 0 Å². The fourth-order valence-electron chi connectivity index (χ4n) is 1.37. The molecule has 0 amide bonds. The van der Waals surface area contributed by atoms with Gasteiger partial charge in [0.1, 0.15) is 0 Å². The number of pyridine rings is 1. The Kier molecular flexibility index (Phi) is 3.59. The number of oxime groups is 1. The summed E-state index contributed by atoms with van der Waals surface area (Å²) in [7, 11) is 0. The number of halogens is 1. The van der Waals surface area contributed by atoms with Crippen molar-refractivity contribution in [3.8, 4) is 5.82 Å². The molecule has 0 fully saturated rings. The highest BCUT2D eigenvalue weighted by Gasteiger charge is 2.20. The van der Waals surface area contributed by atoms with Gasteiger partial charge in [-0.15, -0.1) is 0 Å². The number of amidine groups is 1. The molecule has 3 N–H and O–H groups in total. The van der Waals surface area contributed by atoms with Gasteiger partial charge in [-0.25, -0.2) is 9.67 Å². The first-order valence-electron chi connectivity index (χ1n) is 4.86. The van der Waals surface area contributed by atoms with Crippen molar-refractivity contribution in [2.75, 3.05) is 0 Å². The minimum atomic E-state index is -0.606. The maximum absolute atomic E-state index is 11.0. The minimum absolute atomic E-state index is 0.0578. The molecule has 2 aromatic rings. The molecule has 10 heteroatoms. The standard InChI is InChI=1S/C9H7IN6O3/c10-6-3-13-15(4-6)9-7(16(18)19)1-5(2-12-9)8(11)14-17/h1-4,17H,(H2,11,14). The number of hydrogen-bond donors (Lipinski definition) is 2. The van der Waals surface area contributed by atoms with Gasteiger partial charge in [-0.2, -0.15) is 5.10 Å². The van der Waals surface area contributed by atoms with Crippen LogP contribution in [0.3, 0.4) is 0 Å². The van der Waals surface area contributed by atoms with E-state index < -0.39 is 4.92 Å². The van der Waals surface area contributed by atoms with Gasteiger partial charge in [0.05, 0.1) is 14.7 Å². The van der Waals surface area contributed by atoms with Gasteiger partial charge in [0.25, 0.3) is 0 Å². The minimum Gasteiger partial charge on any atom is -0.409 e. The molecule has 0 radical (unpaired) electrons. The van der Waals surface area contributed by atoms with Crippen LogP contribution in [0.5, 0.6) is 0 Å². The van der Waals surface area contributed by atoms with Gasteiger partial charge in [0, 0.05) is 24.0 Å². The zero-order chi connectivity index (χ0) is 14.0. The Labute approximate surface area is 120 Å². The summed E-state index contributed by atoms with van der Waals surface area (Å²) in [5.41, 5.74) is 5.23. The van der Waals surface area contributed by atoms with E-state index in [9.17, 15) is 10.1 Å². The third kappa shape index (κ3) is 2.62. The Balaban J connectivity index is 2.59. The lowest BCUT2D eigenvalue weighted by Gasteiger charge is -2.03. The normalized spacial score (nSPS) is 11.5. The second-order valence-corrected chi connectivity index (χ2v) is 4.66. The highest BCUT2D eigenvalue weighted by atomic mass is 127. The Hall–Kier alpha value is -2.24. The first-order valence-corrected chi connectivity index (χ1v) is 5.93. The average molecular weight is 374 g/mol. The van der Waals surface area contributed by atoms with Crippen LogP contribution in [-0.4, -0.2) is 30.7 Å². The van der Waals surface area contributed by atoms with Crippen molar-refractivity contribution in [1.82, 2.24) is 14.8 Å². The number of nitrogens with zero attached hydrogens (tertiary/aromatic N) is 5. The lowest BCUT2D eigenvalue weighted by molar-refractivity contribution is -0.384. The molecule has 0 atom stereocenters. The number of nitrogens with two attached hydrogens (primary N) is 1. The first kappa shape index (κ1) is 13.2. The molecular formula is C9H7IN6O3. The van der Waals surface area contributed by atoms with Crippen molar-refractivity contribution in [3.63, 3.8) is 0 Å². The summed E-state index contributed by atoms with van der Waals surface area (Å²) in [5, 5.41) is 26.3. The lowest BCUT2D eigenvalue weighted by Crippen LogP contribution is -2.15. The number of nitro groups is 1. The van der Waals surface area contributed by atoms with Crippen LogP contribution in [0.15, 0.2) is 29.8 Å². The van der Waals surface area contributed by atoms with Crippen molar-refractivity contribution in [3.05, 3.63) is 43.9 Å². The van der Waals surface area contributed by atoms with Gasteiger partial charge in [0.2, 0.25) is 5.82 Å². The second-order valence-electron chi connectivity index (χ2n) is 3.41. The topological polar surface area (TPSA) is 132 Å². The van der Waals surface area contributed by atoms with Crippen molar-refractivity contribution in [1.29, 1.82) is 0 Å². The fraction of sp³-hybridized carbons (Fsp3) is 0. The molecule has 98 valence electrons. The molecule has 9 nitrogen and oxygen atoms in total. The van der Waals surface area contributed by atoms with Crippen LogP contribution in [0.25, 0.3) is 5.82 Å². The zero-order valence-corrected chi connectivity index (χ0v) is 11.4. The molecule has 0 unspecified atom stereocenters. The fourth-order valence-corrected chi connectivity index (χ4v) is 1.76. The Morgan fingerprint density at radius 1 is 1.58 bits per heavy atom. The highest BCUT2D eigenvalue weighted by Crippen LogP contribution is 2.21. The van der Waals surface area contributed by atoms with E-state index >= 15 is 0 Å². The number of rotatable bonds is 3. The van der Waals surface area contributed by atoms with Crippen LogP contribution < -0.4 is 5.73 Å². The molecular weight excluding hydrogens is 367 g/mol. The van der Waals surface area contributed by atoms with Gasteiger partial charge in [0.15, 0.2) is 5.84 Å². The maximum atomic E-state index is 11.0. The van der Waals surface area contributed by atoms with Gasteiger partial charge >= 0.3 is 5.69 Å². The summed E-state index contributed by atoms with van der Waals surface area (Å²) < 4.78 is 2.10. The van der Waals surface area contributed by atoms with Crippen molar-refractivity contribution < 1.29 is 10.1 Å². The van der Waals surface area contributed by atoms with Crippen molar-refractivity contribution in [2.45, 2.75) is 0 Å². The summed E-state index contributed by atoms with van der Waals surface area (Å²) in [6, 6.07) is 1.17. The van der Waals surface area contributed by atoms with E-state index in [-0.39, 0.29) is 22.9 Å². The van der Waals surface area contributed by atoms with Crippen LogP contribution in [0.4, 0.5) is 5.69 Å². The summed E-state index contributed by atoms with van der Waals surface area (Å²) >= 11 is 2.03. The molecule has 0 aliphatic heterocycles. The zero-order valence-electron chi connectivity index (χ0n) is 9.26. The van der Waals surface area contributed by atoms with E-state index in [2.05, 4.69) is 15.2 Å². The average Bonchev–Trinajstić information content (AvgIpc) is 2.83. The van der Waals surface area contributed by atoms with Crippen LogP contribution >= 0.6 is 22.6 Å². The van der Waals surface area contributed by atoms with Crippen LogP contribution in [0.1, 0.15) is 5.56 Å². The van der Waals surface area contributed by atoms with Gasteiger partial charge < -0.3 is 10.9 Å². The number of hydrogen-bond acceptors (Lipinski definition) is 6. The molecule has 0 bridgehead atoms. The molecule has 0 aromatic carbocycles. The van der Waals surface area contributed by atoms with E-state index in [0.29, 0.717) is 0 Å². The summed E-state index contributed by atoms with van der Waals surface area (Å²) in [4.78, 5) is 14.4. The second kappa shape index (κ2) is 5.17. The van der Waals surface area contributed by atoms with E-state index in [4.69, 9.17) is 10.9 Å². The summed E-state index contributed by atoms with van der Waals surface area (Å²) in [5.74, 6) is -0.195. The van der Waals surface area contributed by atoms with Gasteiger partial charge in [-0.05, 0) is 22.6 Å². The van der Waals surface area contributed by atoms with Crippen molar-refractivity contribution >= 4 is 34.1 Å². The quantitative estimate of drug-likeness (QED) is 0.205. The smallest absolute Gasteiger partial charge is 0.314 e. The van der Waals surface area contributed by atoms with Gasteiger partial charge in [-0.3, -0.25) is 10.1 Å². The third-order valence-corrected chi connectivity index (χ3v) is 2.77. The Morgan fingerprint density at radius 3 is 2.84 bits per heavy atom. The summed E-state index contributed by atoms with van der Waals surface area (Å²) in [6.45, 7) is 0. The molecule has 2 rings (SSSR count). The maximum Gasteiger partial charge on any atom is 0.314 e. The molecule has 0 aliphatic carbocycles. The third-order valence-electron chi connectivity index (χ3n) is 2.22. The van der Waals surface area contributed by atoms with Crippen LogP contribution in [-0.2, 0) is 0 Å². The van der Waals surface area contributed by atoms with Crippen molar-refractivity contribution in [2.24, 2.45) is 10.9 Å². The SMILES string of the molecule is N/C(=N/O)c1cnc(-n2cc(I)cn2)c([N+](=O)[O-])c1. The molecule has 2 heterocycles.